The number of amides is 1. The Hall–Kier alpha value is -1.32. The number of ether oxygens (including phenoxy) is 1. The third kappa shape index (κ3) is 5.35. The molecule has 0 aliphatic heterocycles. The normalized spacial score (nSPS) is 9.29. The van der Waals surface area contributed by atoms with Gasteiger partial charge in [0.15, 0.2) is 0 Å². The van der Waals surface area contributed by atoms with Crippen LogP contribution in [0.5, 0.6) is 0 Å². The van der Waals surface area contributed by atoms with Crippen LogP contribution in [0.2, 0.25) is 0 Å². The number of hydrogen-bond donors (Lipinski definition) is 0. The summed E-state index contributed by atoms with van der Waals surface area (Å²) in [6, 6.07) is 0. The van der Waals surface area contributed by atoms with E-state index in [4.69, 9.17) is 0 Å². The number of hydrogen-bond acceptors (Lipinski definition) is 3. The van der Waals surface area contributed by atoms with Crippen LogP contribution in [0.15, 0.2) is 12.7 Å². The summed E-state index contributed by atoms with van der Waals surface area (Å²) in [5.74, 6) is -0.300. The summed E-state index contributed by atoms with van der Waals surface area (Å²) in [7, 11) is 3.08. The molecule has 0 aromatic carbocycles. The summed E-state index contributed by atoms with van der Waals surface area (Å²) in [6.45, 7) is 4.03. The number of esters is 1. The highest BCUT2D eigenvalue weighted by atomic mass is 16.5. The van der Waals surface area contributed by atoms with Gasteiger partial charge in [-0.05, 0) is 18.9 Å². The highest BCUT2D eigenvalue weighted by Gasteiger charge is 2.04. The zero-order chi connectivity index (χ0) is 11.0. The van der Waals surface area contributed by atoms with Gasteiger partial charge in [0.2, 0.25) is 5.91 Å². The van der Waals surface area contributed by atoms with Crippen molar-refractivity contribution >= 4 is 11.9 Å². The van der Waals surface area contributed by atoms with Crippen LogP contribution in [0, 0.1) is 0 Å². The number of methoxy groups -OCH3 is 1. The first-order chi connectivity index (χ1) is 6.61. The van der Waals surface area contributed by atoms with E-state index in [-0.39, 0.29) is 11.9 Å². The van der Waals surface area contributed by atoms with Crippen LogP contribution in [-0.4, -0.2) is 37.5 Å². The number of unbranched alkanes of at least 4 members (excludes halogenated alkanes) is 1. The van der Waals surface area contributed by atoms with Gasteiger partial charge in [0, 0.05) is 20.0 Å². The van der Waals surface area contributed by atoms with E-state index in [2.05, 4.69) is 11.3 Å². The van der Waals surface area contributed by atoms with Gasteiger partial charge in [0.25, 0.3) is 0 Å². The van der Waals surface area contributed by atoms with E-state index in [0.717, 1.165) is 12.8 Å². The van der Waals surface area contributed by atoms with E-state index >= 15 is 0 Å². The van der Waals surface area contributed by atoms with Crippen molar-refractivity contribution in [2.75, 3.05) is 20.7 Å². The van der Waals surface area contributed by atoms with Gasteiger partial charge >= 0.3 is 5.97 Å². The molecule has 0 saturated carbocycles. The molecule has 14 heavy (non-hydrogen) atoms. The SMILES string of the molecule is C=CC(=O)N(C)CCCCC(=O)OC. The number of likely N-dealkylation sites (N-methyl/N-ethyl adjacent to an activating group) is 1. The van der Waals surface area contributed by atoms with E-state index in [1.807, 2.05) is 0 Å². The van der Waals surface area contributed by atoms with Gasteiger partial charge in [-0.1, -0.05) is 6.58 Å². The predicted octanol–water partition coefficient (Wildman–Crippen LogP) is 0.974. The third-order valence-corrected chi connectivity index (χ3v) is 1.90. The lowest BCUT2D eigenvalue weighted by Crippen LogP contribution is -2.25. The maximum absolute atomic E-state index is 11.0. The fraction of sp³-hybridized carbons (Fsp3) is 0.600. The second-order valence-corrected chi connectivity index (χ2v) is 3.00. The monoisotopic (exact) mass is 199 g/mol. The molecule has 0 aliphatic carbocycles. The van der Waals surface area contributed by atoms with Crippen molar-refractivity contribution in [2.45, 2.75) is 19.3 Å². The molecular formula is C10H17NO3. The van der Waals surface area contributed by atoms with E-state index < -0.39 is 0 Å². The van der Waals surface area contributed by atoms with Crippen LogP contribution < -0.4 is 0 Å². The summed E-state index contributed by atoms with van der Waals surface area (Å²) >= 11 is 0. The van der Waals surface area contributed by atoms with Gasteiger partial charge in [0.1, 0.15) is 0 Å². The van der Waals surface area contributed by atoms with Crippen molar-refractivity contribution < 1.29 is 14.3 Å². The van der Waals surface area contributed by atoms with E-state index in [0.29, 0.717) is 13.0 Å². The zero-order valence-electron chi connectivity index (χ0n) is 8.78. The fourth-order valence-corrected chi connectivity index (χ4v) is 0.986. The molecule has 0 fully saturated rings. The predicted molar refractivity (Wildman–Crippen MR) is 53.7 cm³/mol. The standard InChI is InChI=1S/C10H17NO3/c1-4-9(12)11(2)8-6-5-7-10(13)14-3/h4H,1,5-8H2,2-3H3. The van der Waals surface area contributed by atoms with Crippen molar-refractivity contribution in [1.29, 1.82) is 0 Å². The molecule has 0 rings (SSSR count). The van der Waals surface area contributed by atoms with E-state index in [1.54, 1.807) is 11.9 Å². The molecule has 1 amide bonds. The number of carbonyl (C=O) groups excluding carboxylic acids is 2. The Balaban J connectivity index is 3.49. The largest absolute Gasteiger partial charge is 0.469 e. The van der Waals surface area contributed by atoms with Crippen molar-refractivity contribution in [3.63, 3.8) is 0 Å². The minimum absolute atomic E-state index is 0.0944. The first-order valence-electron chi connectivity index (χ1n) is 4.56. The second-order valence-electron chi connectivity index (χ2n) is 3.00. The molecule has 80 valence electrons. The van der Waals surface area contributed by atoms with E-state index in [1.165, 1.54) is 13.2 Å². The van der Waals surface area contributed by atoms with Crippen LogP contribution in [-0.2, 0) is 14.3 Å². The highest BCUT2D eigenvalue weighted by Crippen LogP contribution is 1.99. The van der Waals surface area contributed by atoms with Crippen LogP contribution in [0.4, 0.5) is 0 Å². The first-order valence-corrected chi connectivity index (χ1v) is 4.56. The summed E-state index contributed by atoms with van der Waals surface area (Å²) in [4.78, 5) is 23.3. The topological polar surface area (TPSA) is 46.6 Å². The molecule has 0 bridgehead atoms. The lowest BCUT2D eigenvalue weighted by Gasteiger charge is -2.14. The number of nitrogens with zero attached hydrogens (tertiary/aromatic N) is 1. The summed E-state index contributed by atoms with van der Waals surface area (Å²) < 4.78 is 4.49. The molecule has 0 heterocycles. The lowest BCUT2D eigenvalue weighted by molar-refractivity contribution is -0.140. The molecule has 0 aromatic rings. The molecule has 0 radical (unpaired) electrons. The Morgan fingerprint density at radius 1 is 1.43 bits per heavy atom. The fourth-order valence-electron chi connectivity index (χ4n) is 0.986. The Kier molecular flexibility index (Phi) is 6.45. The Bertz CT molecular complexity index is 213. The average Bonchev–Trinajstić information content (AvgIpc) is 2.22. The molecule has 0 atom stereocenters. The van der Waals surface area contributed by atoms with Gasteiger partial charge in [-0.25, -0.2) is 0 Å². The minimum Gasteiger partial charge on any atom is -0.469 e. The summed E-state index contributed by atoms with van der Waals surface area (Å²) in [5.41, 5.74) is 0. The van der Waals surface area contributed by atoms with Crippen molar-refractivity contribution in [3.05, 3.63) is 12.7 Å². The summed E-state index contributed by atoms with van der Waals surface area (Å²) in [5, 5.41) is 0. The van der Waals surface area contributed by atoms with Crippen LogP contribution in [0.3, 0.4) is 0 Å². The summed E-state index contributed by atoms with van der Waals surface area (Å²) in [6.07, 6.45) is 3.22. The quantitative estimate of drug-likeness (QED) is 0.364. The number of carbonyl (C=O) groups is 2. The smallest absolute Gasteiger partial charge is 0.305 e. The Morgan fingerprint density at radius 2 is 2.07 bits per heavy atom. The van der Waals surface area contributed by atoms with Gasteiger partial charge in [-0.2, -0.15) is 0 Å². The first kappa shape index (κ1) is 12.7. The molecule has 4 heteroatoms. The molecule has 0 aliphatic rings. The minimum atomic E-state index is -0.206. The third-order valence-electron chi connectivity index (χ3n) is 1.90. The van der Waals surface area contributed by atoms with E-state index in [9.17, 15) is 9.59 Å². The lowest BCUT2D eigenvalue weighted by atomic mass is 10.2. The molecule has 4 nitrogen and oxygen atoms in total. The maximum Gasteiger partial charge on any atom is 0.305 e. The maximum atomic E-state index is 11.0. The highest BCUT2D eigenvalue weighted by molar-refractivity contribution is 5.86. The van der Waals surface area contributed by atoms with Crippen LogP contribution >= 0.6 is 0 Å². The molecule has 0 aromatic heterocycles. The zero-order valence-corrected chi connectivity index (χ0v) is 8.78. The van der Waals surface area contributed by atoms with Gasteiger partial charge in [0.05, 0.1) is 7.11 Å². The van der Waals surface area contributed by atoms with Gasteiger partial charge < -0.3 is 9.64 Å². The Morgan fingerprint density at radius 3 is 2.57 bits per heavy atom. The molecule has 0 spiro atoms. The van der Waals surface area contributed by atoms with Crippen LogP contribution in [0.1, 0.15) is 19.3 Å². The second kappa shape index (κ2) is 7.12. The van der Waals surface area contributed by atoms with Crippen molar-refractivity contribution in [1.82, 2.24) is 4.90 Å². The Labute approximate surface area is 84.5 Å². The van der Waals surface area contributed by atoms with Crippen molar-refractivity contribution in [3.8, 4) is 0 Å². The molecule has 0 saturated heterocycles. The number of rotatable bonds is 6. The molecule has 0 unspecified atom stereocenters. The van der Waals surface area contributed by atoms with Gasteiger partial charge in [-0.3, -0.25) is 9.59 Å². The average molecular weight is 199 g/mol. The van der Waals surface area contributed by atoms with Gasteiger partial charge in [-0.15, -0.1) is 0 Å². The van der Waals surface area contributed by atoms with Crippen molar-refractivity contribution in [2.24, 2.45) is 0 Å². The van der Waals surface area contributed by atoms with Crippen LogP contribution in [0.25, 0.3) is 0 Å². The molecular weight excluding hydrogens is 182 g/mol. The molecule has 0 N–H and O–H groups in total.